The van der Waals surface area contributed by atoms with E-state index in [0.717, 1.165) is 19.3 Å². The van der Waals surface area contributed by atoms with Crippen molar-refractivity contribution < 1.29 is 24.2 Å². The molecular formula is C27H47BN6O6. The summed E-state index contributed by atoms with van der Waals surface area (Å²) >= 11 is 0. The minimum absolute atomic E-state index is 0.00919. The Morgan fingerprint density at radius 3 is 2.45 bits per heavy atom. The van der Waals surface area contributed by atoms with Crippen molar-refractivity contribution in [1.82, 2.24) is 10.0 Å². The van der Waals surface area contributed by atoms with Gasteiger partial charge < -0.3 is 35.5 Å². The van der Waals surface area contributed by atoms with Crippen molar-refractivity contribution in [3.05, 3.63) is 39.7 Å². The lowest BCUT2D eigenvalue weighted by Gasteiger charge is -2.33. The Morgan fingerprint density at radius 2 is 1.93 bits per heavy atom. The van der Waals surface area contributed by atoms with Crippen LogP contribution in [0, 0.1) is 11.8 Å². The highest BCUT2D eigenvalue weighted by molar-refractivity contribution is 6.14. The van der Waals surface area contributed by atoms with Crippen molar-refractivity contribution in [2.75, 3.05) is 13.2 Å². The number of nitrogens with one attached hydrogen (secondary N) is 1. The van der Waals surface area contributed by atoms with Gasteiger partial charge >= 0.3 is 0 Å². The summed E-state index contributed by atoms with van der Waals surface area (Å²) in [7, 11) is 2.04. The van der Waals surface area contributed by atoms with Crippen LogP contribution in [0.4, 0.5) is 0 Å². The van der Waals surface area contributed by atoms with Gasteiger partial charge in [0, 0.05) is 24.1 Å². The molecule has 0 aromatic carbocycles. The summed E-state index contributed by atoms with van der Waals surface area (Å²) in [6.07, 6.45) is 3.35. The first-order chi connectivity index (χ1) is 18.8. The van der Waals surface area contributed by atoms with Crippen LogP contribution in [0.3, 0.4) is 0 Å². The monoisotopic (exact) mass is 562 g/mol. The summed E-state index contributed by atoms with van der Waals surface area (Å²) in [6.45, 7) is 14.0. The van der Waals surface area contributed by atoms with Crippen LogP contribution in [-0.2, 0) is 14.3 Å². The zero-order valence-corrected chi connectivity index (χ0v) is 25.2. The second-order valence-corrected chi connectivity index (χ2v) is 10.9. The van der Waals surface area contributed by atoms with Gasteiger partial charge in [0.25, 0.3) is 5.91 Å². The van der Waals surface area contributed by atoms with Crippen LogP contribution in [0.1, 0.15) is 95.1 Å². The molecule has 1 fully saturated rings. The number of aromatic nitrogens is 1. The maximum atomic E-state index is 12.3. The molecule has 6 N–H and O–H groups in total. The molecule has 1 aliphatic rings. The van der Waals surface area contributed by atoms with E-state index in [-0.39, 0.29) is 23.5 Å². The number of hydrogen-bond acceptors (Lipinski definition) is 9. The van der Waals surface area contributed by atoms with Crippen molar-refractivity contribution >= 4 is 19.6 Å². The number of rotatable bonds is 16. The van der Waals surface area contributed by atoms with Crippen molar-refractivity contribution in [2.24, 2.45) is 21.6 Å². The lowest BCUT2D eigenvalue weighted by atomic mass is 9.77. The topological polar surface area (TPSA) is 176 Å². The molecule has 0 saturated carbocycles. The first-order valence-electron chi connectivity index (χ1n) is 14.0. The molecule has 1 aliphatic heterocycles. The van der Waals surface area contributed by atoms with E-state index < -0.39 is 36.0 Å². The maximum absolute atomic E-state index is 12.3. The molecule has 5 atom stereocenters. The van der Waals surface area contributed by atoms with Crippen LogP contribution >= 0.6 is 0 Å². The molecule has 5 unspecified atom stereocenters. The molecule has 1 saturated heterocycles. The summed E-state index contributed by atoms with van der Waals surface area (Å²) in [5.41, 5.74) is 15.7. The van der Waals surface area contributed by atoms with Gasteiger partial charge in [0.05, 0.1) is 28.8 Å². The highest BCUT2D eigenvalue weighted by Gasteiger charge is 2.47. The molecule has 1 amide bonds. The third kappa shape index (κ3) is 7.79. The van der Waals surface area contributed by atoms with E-state index in [1.165, 1.54) is 6.20 Å². The van der Waals surface area contributed by atoms with Crippen molar-refractivity contribution in [1.29, 1.82) is 0 Å². The Kier molecular flexibility index (Phi) is 12.1. The molecule has 224 valence electrons. The van der Waals surface area contributed by atoms with Crippen molar-refractivity contribution in [2.45, 2.75) is 110 Å². The number of amidine groups is 1. The highest BCUT2D eigenvalue weighted by atomic mass is 16.7. The average Bonchev–Trinajstić information content (AvgIpc) is 3.43. The standard InChI is InChI=1S/C27H47BN6O6/c1-8-12-16(5)32-23(29)20-17(6)34(13-18(20)24(30)36)25-22(35)21(33-37)19(39-25)14-38-26(7,9-2)15-31-40-27(28,10-3)11-4/h12-13,19,21-22,25,31,35H,8-11,14-15,28H2,1-7H3,(H2,29,32)(H2,30,36)/b16-12+. The fourth-order valence-electron chi connectivity index (χ4n) is 4.53. The number of primary amides is 1. The van der Waals surface area contributed by atoms with Crippen LogP contribution in [0.5, 0.6) is 0 Å². The second-order valence-electron chi connectivity index (χ2n) is 10.9. The number of carbonyl (C=O) groups excluding carboxylic acids is 1. The number of nitrogens with zero attached hydrogens (tertiary/aromatic N) is 3. The lowest BCUT2D eigenvalue weighted by molar-refractivity contribution is -0.129. The summed E-state index contributed by atoms with van der Waals surface area (Å²) in [6, 6.07) is -1.10. The molecule has 40 heavy (non-hydrogen) atoms. The molecule has 0 aliphatic carbocycles. The number of aliphatic hydroxyl groups excluding tert-OH is 1. The summed E-state index contributed by atoms with van der Waals surface area (Å²) in [5, 5.41) is 14.2. The van der Waals surface area contributed by atoms with Gasteiger partial charge in [0.1, 0.15) is 25.9 Å². The normalized spacial score (nSPS) is 23.8. The van der Waals surface area contributed by atoms with Gasteiger partial charge in [-0.25, -0.2) is 4.99 Å². The number of hydroxylamine groups is 1. The van der Waals surface area contributed by atoms with Crippen LogP contribution in [0.15, 0.2) is 28.1 Å². The second kappa shape index (κ2) is 14.4. The molecule has 2 heterocycles. The van der Waals surface area contributed by atoms with Crippen molar-refractivity contribution in [3.63, 3.8) is 0 Å². The van der Waals surface area contributed by atoms with Crippen LogP contribution in [-0.4, -0.2) is 71.8 Å². The van der Waals surface area contributed by atoms with Gasteiger partial charge in [0.2, 0.25) is 0 Å². The lowest BCUT2D eigenvalue weighted by Crippen LogP contribution is -2.46. The third-order valence-electron chi connectivity index (χ3n) is 7.94. The Balaban J connectivity index is 2.27. The first-order valence-corrected chi connectivity index (χ1v) is 14.0. The minimum Gasteiger partial charge on any atom is -0.386 e. The number of amides is 1. The molecule has 0 bridgehead atoms. The molecule has 12 nitrogen and oxygen atoms in total. The highest BCUT2D eigenvalue weighted by Crippen LogP contribution is 2.35. The van der Waals surface area contributed by atoms with E-state index in [1.807, 2.05) is 34.7 Å². The number of aliphatic hydroxyl groups is 1. The molecule has 1 aromatic rings. The van der Waals surface area contributed by atoms with E-state index in [0.29, 0.717) is 29.9 Å². The third-order valence-corrected chi connectivity index (χ3v) is 7.94. The Hall–Kier alpha value is -2.58. The number of nitrogens with two attached hydrogens (primary N) is 2. The number of hydrogen-bond donors (Lipinski definition) is 4. The van der Waals surface area contributed by atoms with E-state index in [1.54, 1.807) is 18.4 Å². The SMILES string of the molecule is BC(CC)(CC)ONCC(C)(CC)OCC1OC(n2cc(C(N)=O)c(/C(N)=N\C(C)=C\CC)c2C)C(O)C1N=O. The zero-order valence-electron chi connectivity index (χ0n) is 25.2. The van der Waals surface area contributed by atoms with Gasteiger partial charge in [-0.15, -0.1) is 0 Å². The zero-order chi connectivity index (χ0) is 30.3. The van der Waals surface area contributed by atoms with Crippen LogP contribution < -0.4 is 16.9 Å². The van der Waals surface area contributed by atoms with Gasteiger partial charge in [-0.2, -0.15) is 10.4 Å². The van der Waals surface area contributed by atoms with E-state index in [4.69, 9.17) is 25.8 Å². The number of nitroso groups, excluding NO2 is 1. The minimum atomic E-state index is -1.30. The molecule has 0 radical (unpaired) electrons. The predicted molar refractivity (Wildman–Crippen MR) is 158 cm³/mol. The smallest absolute Gasteiger partial charge is 0.251 e. The number of allylic oxidation sites excluding steroid dienone is 2. The number of carbonyl (C=O) groups is 1. The number of ether oxygens (including phenoxy) is 2. The van der Waals surface area contributed by atoms with E-state index >= 15 is 0 Å². The Bertz CT molecular complexity index is 1090. The van der Waals surface area contributed by atoms with Gasteiger partial charge in [-0.3, -0.25) is 4.79 Å². The first kappa shape index (κ1) is 33.6. The van der Waals surface area contributed by atoms with Crippen LogP contribution in [0.25, 0.3) is 0 Å². The van der Waals surface area contributed by atoms with Crippen molar-refractivity contribution in [3.8, 4) is 0 Å². The van der Waals surface area contributed by atoms with Crippen LogP contribution in [0.2, 0.25) is 0 Å². The van der Waals surface area contributed by atoms with E-state index in [2.05, 4.69) is 29.5 Å². The summed E-state index contributed by atoms with van der Waals surface area (Å²) in [5.74, 6) is -0.597. The molecule has 0 spiro atoms. The Morgan fingerprint density at radius 1 is 1.27 bits per heavy atom. The fourth-order valence-corrected chi connectivity index (χ4v) is 4.53. The van der Waals surface area contributed by atoms with Gasteiger partial charge in [-0.05, 0) is 46.5 Å². The largest absolute Gasteiger partial charge is 0.386 e. The quantitative estimate of drug-likeness (QED) is 0.0779. The molecule has 13 heteroatoms. The predicted octanol–water partition coefficient (Wildman–Crippen LogP) is 2.16. The van der Waals surface area contributed by atoms with Gasteiger partial charge in [-0.1, -0.05) is 38.9 Å². The van der Waals surface area contributed by atoms with E-state index in [9.17, 15) is 14.8 Å². The molecule has 1 aromatic heterocycles. The van der Waals surface area contributed by atoms with Gasteiger partial charge in [0.15, 0.2) is 12.3 Å². The fraction of sp³-hybridized carbons (Fsp3) is 0.704. The average molecular weight is 563 g/mol. The maximum Gasteiger partial charge on any atom is 0.251 e. The summed E-state index contributed by atoms with van der Waals surface area (Å²) in [4.78, 5) is 34.4. The summed E-state index contributed by atoms with van der Waals surface area (Å²) < 4.78 is 13.9. The molecular weight excluding hydrogens is 515 g/mol. The molecule has 2 rings (SSSR count). The number of aliphatic imine (C=N–C) groups is 1. The Labute approximate surface area is 238 Å².